The second-order valence-electron chi connectivity index (χ2n) is 7.10. The summed E-state index contributed by atoms with van der Waals surface area (Å²) < 4.78 is 10.8. The van der Waals surface area contributed by atoms with E-state index in [1.807, 2.05) is 61.5 Å². The van der Waals surface area contributed by atoms with Crippen LogP contribution >= 0.6 is 0 Å². The van der Waals surface area contributed by atoms with Crippen molar-refractivity contribution in [2.45, 2.75) is 12.5 Å². The quantitative estimate of drug-likeness (QED) is 0.776. The molecule has 7 nitrogen and oxygen atoms in total. The van der Waals surface area contributed by atoms with Crippen LogP contribution in [0.1, 0.15) is 18.0 Å². The van der Waals surface area contributed by atoms with Crippen LogP contribution in [0.25, 0.3) is 0 Å². The topological polar surface area (TPSA) is 71.1 Å². The minimum atomic E-state index is -0.213. The van der Waals surface area contributed by atoms with Gasteiger partial charge in [-0.3, -0.25) is 14.5 Å². The molecule has 7 heteroatoms. The molecule has 1 aliphatic rings. The maximum absolute atomic E-state index is 12.7. The van der Waals surface area contributed by atoms with Crippen LogP contribution in [0.15, 0.2) is 48.5 Å². The number of nitrogens with one attached hydrogen (secondary N) is 1. The minimum Gasteiger partial charge on any atom is -0.497 e. The SMILES string of the molecule is COc1ccc([C@@H](CNC(=O)CN2C(=O)CCOc3ccccc32)N(C)C)cc1. The number of amides is 2. The number of benzene rings is 2. The number of para-hydroxylation sites is 2. The highest BCUT2D eigenvalue weighted by Crippen LogP contribution is 2.30. The molecule has 154 valence electrons. The fourth-order valence-corrected chi connectivity index (χ4v) is 3.33. The van der Waals surface area contributed by atoms with Crippen molar-refractivity contribution in [3.05, 3.63) is 54.1 Å². The molecule has 0 bridgehead atoms. The Kier molecular flexibility index (Phi) is 6.72. The van der Waals surface area contributed by atoms with E-state index in [9.17, 15) is 9.59 Å². The molecular formula is C22H27N3O4. The number of ether oxygens (including phenoxy) is 2. The average Bonchev–Trinajstić information content (AvgIpc) is 2.87. The molecule has 1 aliphatic heterocycles. The van der Waals surface area contributed by atoms with Crippen LogP contribution in [0.2, 0.25) is 0 Å². The summed E-state index contributed by atoms with van der Waals surface area (Å²) in [6.07, 6.45) is 0.244. The molecule has 0 aromatic heterocycles. The van der Waals surface area contributed by atoms with Crippen LogP contribution in [-0.4, -0.2) is 57.6 Å². The second kappa shape index (κ2) is 9.43. The van der Waals surface area contributed by atoms with Gasteiger partial charge in [-0.2, -0.15) is 0 Å². The van der Waals surface area contributed by atoms with Crippen molar-refractivity contribution in [2.24, 2.45) is 0 Å². The molecule has 2 amide bonds. The molecule has 0 fully saturated rings. The van der Waals surface area contributed by atoms with Crippen molar-refractivity contribution >= 4 is 17.5 Å². The van der Waals surface area contributed by atoms with Gasteiger partial charge in [-0.1, -0.05) is 24.3 Å². The minimum absolute atomic E-state index is 0.000288. The molecule has 1 atom stereocenters. The normalized spacial score (nSPS) is 14.6. The van der Waals surface area contributed by atoms with Gasteiger partial charge in [0.1, 0.15) is 18.0 Å². The Bertz CT molecular complexity index is 851. The van der Waals surface area contributed by atoms with Crippen molar-refractivity contribution < 1.29 is 19.1 Å². The monoisotopic (exact) mass is 397 g/mol. The Morgan fingerprint density at radius 1 is 1.21 bits per heavy atom. The third kappa shape index (κ3) is 5.06. The first-order valence-corrected chi connectivity index (χ1v) is 9.59. The zero-order valence-corrected chi connectivity index (χ0v) is 17.1. The highest BCUT2D eigenvalue weighted by Gasteiger charge is 2.25. The van der Waals surface area contributed by atoms with Crippen LogP contribution in [0.3, 0.4) is 0 Å². The van der Waals surface area contributed by atoms with Crippen LogP contribution in [0.4, 0.5) is 5.69 Å². The predicted molar refractivity (Wildman–Crippen MR) is 111 cm³/mol. The number of hydrogen-bond acceptors (Lipinski definition) is 5. The molecular weight excluding hydrogens is 370 g/mol. The Hall–Kier alpha value is -3.06. The highest BCUT2D eigenvalue weighted by molar-refractivity contribution is 6.00. The van der Waals surface area contributed by atoms with Crippen molar-refractivity contribution in [3.8, 4) is 11.5 Å². The summed E-state index contributed by atoms with van der Waals surface area (Å²) in [5.41, 5.74) is 1.70. The lowest BCUT2D eigenvalue weighted by molar-refractivity contribution is -0.124. The van der Waals surface area contributed by atoms with E-state index in [0.717, 1.165) is 11.3 Å². The summed E-state index contributed by atoms with van der Waals surface area (Å²) in [5.74, 6) is 1.08. The predicted octanol–water partition coefficient (Wildman–Crippen LogP) is 2.23. The van der Waals surface area contributed by atoms with Gasteiger partial charge in [0.2, 0.25) is 11.8 Å². The van der Waals surface area contributed by atoms with Gasteiger partial charge in [-0.25, -0.2) is 0 Å². The zero-order chi connectivity index (χ0) is 20.8. The van der Waals surface area contributed by atoms with Gasteiger partial charge in [-0.15, -0.1) is 0 Å². The molecule has 2 aromatic rings. The van der Waals surface area contributed by atoms with E-state index in [-0.39, 0.29) is 30.8 Å². The van der Waals surface area contributed by atoms with Crippen molar-refractivity contribution in [1.82, 2.24) is 10.2 Å². The number of likely N-dealkylation sites (N-methyl/N-ethyl adjacent to an activating group) is 1. The van der Waals surface area contributed by atoms with Gasteiger partial charge in [0.15, 0.2) is 0 Å². The van der Waals surface area contributed by atoms with Crippen LogP contribution in [0.5, 0.6) is 11.5 Å². The summed E-state index contributed by atoms with van der Waals surface area (Å²) in [6.45, 7) is 0.703. The summed E-state index contributed by atoms with van der Waals surface area (Å²) in [4.78, 5) is 28.7. The van der Waals surface area contributed by atoms with Crippen LogP contribution in [-0.2, 0) is 9.59 Å². The fourth-order valence-electron chi connectivity index (χ4n) is 3.33. The number of nitrogens with zero attached hydrogens (tertiary/aromatic N) is 2. The van der Waals surface area contributed by atoms with E-state index in [2.05, 4.69) is 5.32 Å². The molecule has 3 rings (SSSR count). The number of anilines is 1. The smallest absolute Gasteiger partial charge is 0.240 e. The standard InChI is InChI=1S/C22H27N3O4/c1-24(2)19(16-8-10-17(28-3)11-9-16)14-23-21(26)15-25-18-6-4-5-7-20(18)29-13-12-22(25)27/h4-11,19H,12-15H2,1-3H3,(H,23,26)/t19-/m1/s1. The van der Waals surface area contributed by atoms with Gasteiger partial charge in [0, 0.05) is 6.54 Å². The molecule has 1 N–H and O–H groups in total. The van der Waals surface area contributed by atoms with Gasteiger partial charge in [0.25, 0.3) is 0 Å². The number of fused-ring (bicyclic) bond motifs is 1. The van der Waals surface area contributed by atoms with E-state index in [1.165, 1.54) is 4.90 Å². The third-order valence-corrected chi connectivity index (χ3v) is 4.95. The van der Waals surface area contributed by atoms with E-state index in [1.54, 1.807) is 13.2 Å². The Balaban J connectivity index is 1.66. The van der Waals surface area contributed by atoms with Gasteiger partial charge >= 0.3 is 0 Å². The molecule has 0 saturated carbocycles. The first-order chi connectivity index (χ1) is 14.0. The summed E-state index contributed by atoms with van der Waals surface area (Å²) in [5, 5.41) is 2.96. The number of hydrogen-bond donors (Lipinski definition) is 1. The van der Waals surface area contributed by atoms with Crippen molar-refractivity contribution in [2.75, 3.05) is 45.8 Å². The Morgan fingerprint density at radius 2 is 1.93 bits per heavy atom. The Labute approximate surface area is 171 Å². The number of rotatable bonds is 7. The van der Waals surface area contributed by atoms with E-state index < -0.39 is 0 Å². The fraction of sp³-hybridized carbons (Fsp3) is 0.364. The van der Waals surface area contributed by atoms with Gasteiger partial charge in [0.05, 0.1) is 31.9 Å². The molecule has 0 aliphatic carbocycles. The zero-order valence-electron chi connectivity index (χ0n) is 17.1. The second-order valence-corrected chi connectivity index (χ2v) is 7.10. The number of methoxy groups -OCH3 is 1. The van der Waals surface area contributed by atoms with Crippen LogP contribution in [0, 0.1) is 0 Å². The first kappa shape index (κ1) is 20.7. The lowest BCUT2D eigenvalue weighted by atomic mass is 10.1. The maximum Gasteiger partial charge on any atom is 0.240 e. The average molecular weight is 397 g/mol. The van der Waals surface area contributed by atoms with E-state index in [4.69, 9.17) is 9.47 Å². The molecule has 0 saturated heterocycles. The molecule has 0 radical (unpaired) electrons. The van der Waals surface area contributed by atoms with Gasteiger partial charge in [-0.05, 0) is 43.9 Å². The molecule has 0 spiro atoms. The van der Waals surface area contributed by atoms with Crippen molar-refractivity contribution in [1.29, 1.82) is 0 Å². The number of carbonyl (C=O) groups is 2. The first-order valence-electron chi connectivity index (χ1n) is 9.59. The molecule has 29 heavy (non-hydrogen) atoms. The van der Waals surface area contributed by atoms with Crippen molar-refractivity contribution in [3.63, 3.8) is 0 Å². The maximum atomic E-state index is 12.7. The van der Waals surface area contributed by atoms with Gasteiger partial charge < -0.3 is 19.7 Å². The molecule has 2 aromatic carbocycles. The van der Waals surface area contributed by atoms with Crippen LogP contribution < -0.4 is 19.7 Å². The number of carbonyl (C=O) groups excluding carboxylic acids is 2. The largest absolute Gasteiger partial charge is 0.497 e. The lowest BCUT2D eigenvalue weighted by Gasteiger charge is -2.26. The lowest BCUT2D eigenvalue weighted by Crippen LogP contribution is -2.43. The summed E-state index contributed by atoms with van der Waals surface area (Å²) in [7, 11) is 5.56. The molecule has 1 heterocycles. The van der Waals surface area contributed by atoms with E-state index >= 15 is 0 Å². The third-order valence-electron chi connectivity index (χ3n) is 4.95. The summed E-state index contributed by atoms with van der Waals surface area (Å²) in [6, 6.07) is 15.1. The molecule has 0 unspecified atom stereocenters. The Morgan fingerprint density at radius 3 is 2.62 bits per heavy atom. The van der Waals surface area contributed by atoms with E-state index in [0.29, 0.717) is 24.6 Å². The summed E-state index contributed by atoms with van der Waals surface area (Å²) >= 11 is 0. The highest BCUT2D eigenvalue weighted by atomic mass is 16.5.